The lowest BCUT2D eigenvalue weighted by atomic mass is 10.2. The largest absolute Gasteiger partial charge is 0.211 e. The molecule has 0 aliphatic rings. The van der Waals surface area contributed by atoms with Gasteiger partial charge >= 0.3 is 0 Å². The van der Waals surface area contributed by atoms with E-state index in [0.29, 0.717) is 8.83 Å². The van der Waals surface area contributed by atoms with Crippen molar-refractivity contribution in [2.75, 3.05) is 0 Å². The summed E-state index contributed by atoms with van der Waals surface area (Å²) in [6.07, 6.45) is 1.82. The Kier molecular flexibility index (Phi) is 2.72. The summed E-state index contributed by atoms with van der Waals surface area (Å²) in [6.45, 7) is 3.69. The molecule has 10 heavy (non-hydrogen) atoms. The normalized spacial score (nSPS) is 9.30. The molecule has 0 heterocycles. The summed E-state index contributed by atoms with van der Waals surface area (Å²) in [5.74, 6) is 0. The Morgan fingerprint density at radius 3 is 2.60 bits per heavy atom. The van der Waals surface area contributed by atoms with Crippen LogP contribution in [0.4, 0.5) is 0 Å². The molecule has 50 valence electrons. The summed E-state index contributed by atoms with van der Waals surface area (Å²) in [4.78, 5) is 0. The van der Waals surface area contributed by atoms with E-state index < -0.39 is 0 Å². The van der Waals surface area contributed by atoms with E-state index in [9.17, 15) is 0 Å². The highest BCUT2D eigenvalue weighted by atomic mass is 35.6. The molecule has 0 aromatic heterocycles. The molecule has 0 fully saturated rings. The molecule has 0 saturated carbocycles. The smallest absolute Gasteiger partial charge is 0.165 e. The second kappa shape index (κ2) is 3.59. The molecule has 1 rings (SSSR count). The van der Waals surface area contributed by atoms with E-state index in [1.165, 1.54) is 5.19 Å². The average molecular weight is 167 g/mol. The molecular weight excluding hydrogens is 160 g/mol. The van der Waals surface area contributed by atoms with Crippen molar-refractivity contribution in [3.05, 3.63) is 36.4 Å². The summed E-state index contributed by atoms with van der Waals surface area (Å²) in [6, 6.07) is 8.00. The van der Waals surface area contributed by atoms with Crippen molar-refractivity contribution in [1.82, 2.24) is 0 Å². The van der Waals surface area contributed by atoms with Gasteiger partial charge in [-0.05, 0) is 10.8 Å². The summed E-state index contributed by atoms with van der Waals surface area (Å²) in [7, 11) is 0.337. The number of rotatable bonds is 2. The Morgan fingerprint density at radius 2 is 2.10 bits per heavy atom. The van der Waals surface area contributed by atoms with Gasteiger partial charge in [-0.25, -0.2) is 0 Å². The zero-order chi connectivity index (χ0) is 7.40. The summed E-state index contributed by atoms with van der Waals surface area (Å²) >= 11 is 5.69. The van der Waals surface area contributed by atoms with Gasteiger partial charge in [-0.3, -0.25) is 0 Å². The monoisotopic (exact) mass is 166 g/mol. The second-order valence-corrected chi connectivity index (χ2v) is 3.18. The van der Waals surface area contributed by atoms with Gasteiger partial charge in [-0.15, -0.1) is 0 Å². The van der Waals surface area contributed by atoms with Gasteiger partial charge in [0.15, 0.2) is 0 Å². The van der Waals surface area contributed by atoms with E-state index in [4.69, 9.17) is 11.1 Å². The molecule has 0 saturated heterocycles. The molecule has 0 bridgehead atoms. The van der Waals surface area contributed by atoms with Gasteiger partial charge in [-0.1, -0.05) is 36.9 Å². The van der Waals surface area contributed by atoms with E-state index in [1.807, 2.05) is 30.3 Å². The Balaban J connectivity index is 3.08. The van der Waals surface area contributed by atoms with Crippen molar-refractivity contribution in [3.8, 4) is 0 Å². The van der Waals surface area contributed by atoms with Crippen molar-refractivity contribution >= 4 is 31.2 Å². The van der Waals surface area contributed by atoms with E-state index >= 15 is 0 Å². The van der Waals surface area contributed by atoms with Crippen LogP contribution in [0, 0.1) is 0 Å². The highest BCUT2D eigenvalue weighted by Gasteiger charge is 1.94. The van der Waals surface area contributed by atoms with Crippen LogP contribution < -0.4 is 5.19 Å². The van der Waals surface area contributed by atoms with Crippen LogP contribution in [0.2, 0.25) is 0 Å². The maximum absolute atomic E-state index is 5.69. The Hall–Kier alpha value is -0.533. The van der Waals surface area contributed by atoms with Crippen LogP contribution in [0.3, 0.4) is 0 Å². The Morgan fingerprint density at radius 1 is 1.40 bits per heavy atom. The van der Waals surface area contributed by atoms with Crippen LogP contribution in [-0.2, 0) is 0 Å². The minimum atomic E-state index is 0.337. The molecular formula is C8H7ClSi. The van der Waals surface area contributed by atoms with Crippen LogP contribution in [-0.4, -0.2) is 8.83 Å². The quantitative estimate of drug-likeness (QED) is 0.465. The zero-order valence-corrected chi connectivity index (χ0v) is 7.23. The lowest BCUT2D eigenvalue weighted by Crippen LogP contribution is -2.11. The first-order chi connectivity index (χ1) is 4.88. The second-order valence-electron chi connectivity index (χ2n) is 1.89. The third-order valence-electron chi connectivity index (χ3n) is 1.28. The van der Waals surface area contributed by atoms with Crippen molar-refractivity contribution in [3.63, 3.8) is 0 Å². The van der Waals surface area contributed by atoms with E-state index in [0.717, 1.165) is 5.56 Å². The maximum atomic E-state index is 5.69. The third kappa shape index (κ3) is 1.49. The molecule has 1 aromatic rings. The van der Waals surface area contributed by atoms with Crippen LogP contribution in [0.15, 0.2) is 30.8 Å². The fourth-order valence-electron chi connectivity index (χ4n) is 0.761. The predicted octanol–water partition coefficient (Wildman–Crippen LogP) is 1.81. The average Bonchev–Trinajstić information content (AvgIpc) is 2.04. The lowest BCUT2D eigenvalue weighted by Gasteiger charge is -1.97. The first-order valence-electron chi connectivity index (χ1n) is 2.96. The SMILES string of the molecule is C=Cc1ccccc1[Si]Cl. The minimum Gasteiger partial charge on any atom is -0.165 e. The van der Waals surface area contributed by atoms with Gasteiger partial charge < -0.3 is 0 Å². The van der Waals surface area contributed by atoms with Gasteiger partial charge in [0.05, 0.1) is 0 Å². The molecule has 1 aromatic carbocycles. The molecule has 0 aliphatic carbocycles. The number of halogens is 1. The molecule has 2 radical (unpaired) electrons. The van der Waals surface area contributed by atoms with Gasteiger partial charge in [0.1, 0.15) is 0 Å². The minimum absolute atomic E-state index is 0.337. The van der Waals surface area contributed by atoms with Crippen LogP contribution >= 0.6 is 11.1 Å². The summed E-state index contributed by atoms with van der Waals surface area (Å²) in [5, 5.41) is 1.17. The first-order valence-corrected chi connectivity index (χ1v) is 4.98. The number of benzene rings is 1. The number of hydrogen-bond donors (Lipinski definition) is 0. The lowest BCUT2D eigenvalue weighted by molar-refractivity contribution is 1.72. The Labute approximate surface area is 68.1 Å². The van der Waals surface area contributed by atoms with Gasteiger partial charge in [-0.2, -0.15) is 11.1 Å². The molecule has 0 amide bonds. The fraction of sp³-hybridized carbons (Fsp3) is 0. The summed E-state index contributed by atoms with van der Waals surface area (Å²) in [5.41, 5.74) is 1.14. The highest BCUT2D eigenvalue weighted by Crippen LogP contribution is 1.96. The number of hydrogen-bond acceptors (Lipinski definition) is 0. The molecule has 0 unspecified atom stereocenters. The van der Waals surface area contributed by atoms with Crippen LogP contribution in [0.25, 0.3) is 6.08 Å². The standard InChI is InChI=1S/C8H7ClSi/c1-2-7-5-3-4-6-8(7)10-9/h2-6H,1H2. The molecule has 0 atom stereocenters. The van der Waals surface area contributed by atoms with Crippen molar-refractivity contribution in [2.24, 2.45) is 0 Å². The van der Waals surface area contributed by atoms with Crippen LogP contribution in [0.1, 0.15) is 5.56 Å². The molecule has 0 aliphatic heterocycles. The van der Waals surface area contributed by atoms with E-state index in [-0.39, 0.29) is 0 Å². The van der Waals surface area contributed by atoms with E-state index in [2.05, 4.69) is 6.58 Å². The fourth-order valence-corrected chi connectivity index (χ4v) is 1.73. The van der Waals surface area contributed by atoms with Crippen molar-refractivity contribution in [2.45, 2.75) is 0 Å². The molecule has 0 N–H and O–H groups in total. The molecule has 2 heteroatoms. The van der Waals surface area contributed by atoms with Crippen molar-refractivity contribution in [1.29, 1.82) is 0 Å². The topological polar surface area (TPSA) is 0 Å². The highest BCUT2D eigenvalue weighted by molar-refractivity contribution is 7.01. The van der Waals surface area contributed by atoms with E-state index in [1.54, 1.807) is 0 Å². The van der Waals surface area contributed by atoms with Gasteiger partial charge in [0, 0.05) is 0 Å². The maximum Gasteiger partial charge on any atom is 0.211 e. The van der Waals surface area contributed by atoms with Gasteiger partial charge in [0.2, 0.25) is 8.83 Å². The zero-order valence-electron chi connectivity index (χ0n) is 5.47. The summed E-state index contributed by atoms with van der Waals surface area (Å²) < 4.78 is 0. The predicted molar refractivity (Wildman–Crippen MR) is 47.8 cm³/mol. The molecule has 0 spiro atoms. The third-order valence-corrected chi connectivity index (χ3v) is 2.55. The Bertz CT molecular complexity index is 232. The van der Waals surface area contributed by atoms with Crippen molar-refractivity contribution < 1.29 is 0 Å². The van der Waals surface area contributed by atoms with Crippen LogP contribution in [0.5, 0.6) is 0 Å². The first kappa shape index (κ1) is 7.57. The molecule has 0 nitrogen and oxygen atoms in total. The van der Waals surface area contributed by atoms with Gasteiger partial charge in [0.25, 0.3) is 0 Å².